The van der Waals surface area contributed by atoms with E-state index in [1.807, 2.05) is 12.4 Å². The number of nitrogens with one attached hydrogen (secondary N) is 1. The van der Waals surface area contributed by atoms with E-state index >= 15 is 0 Å². The molecule has 0 aliphatic heterocycles. The molecule has 3 nitrogen and oxygen atoms in total. The molecule has 0 aliphatic carbocycles. The molecule has 1 atom stereocenters. The maximum atomic E-state index is 4.12. The van der Waals surface area contributed by atoms with Crippen molar-refractivity contribution < 1.29 is 0 Å². The number of nitrogens with zero attached hydrogens (tertiary/aromatic N) is 2. The first kappa shape index (κ1) is 14.9. The molecule has 0 bridgehead atoms. The lowest BCUT2D eigenvalue weighted by Crippen LogP contribution is -2.24. The Morgan fingerprint density at radius 2 is 2.05 bits per heavy atom. The van der Waals surface area contributed by atoms with E-state index in [1.165, 1.54) is 9.13 Å². The number of halogens is 2. The van der Waals surface area contributed by atoms with Crippen molar-refractivity contribution in [3.63, 3.8) is 0 Å². The number of aromatic nitrogens is 2. The van der Waals surface area contributed by atoms with Crippen LogP contribution in [0.15, 0.2) is 41.4 Å². The summed E-state index contributed by atoms with van der Waals surface area (Å²) in [6.45, 7) is 3.12. The van der Waals surface area contributed by atoms with Gasteiger partial charge in [0.25, 0.3) is 0 Å². The lowest BCUT2D eigenvalue weighted by atomic mass is 10.0. The fraction of sp³-hybridized carbons (Fsp3) is 0.286. The van der Waals surface area contributed by atoms with E-state index in [4.69, 9.17) is 0 Å². The summed E-state index contributed by atoms with van der Waals surface area (Å²) in [7, 11) is 0. The molecule has 1 aromatic carbocycles. The monoisotopic (exact) mass is 431 g/mol. The highest BCUT2D eigenvalue weighted by Crippen LogP contribution is 2.29. The number of hydrogen-bond acceptors (Lipinski definition) is 3. The van der Waals surface area contributed by atoms with Gasteiger partial charge in [-0.15, -0.1) is 0 Å². The summed E-state index contributed by atoms with van der Waals surface area (Å²) in [5, 5.41) is 3.56. The molecule has 0 amide bonds. The van der Waals surface area contributed by atoms with E-state index in [2.05, 4.69) is 78.9 Å². The Morgan fingerprint density at radius 3 is 2.74 bits per heavy atom. The third-order valence-corrected chi connectivity index (χ3v) is 4.17. The summed E-state index contributed by atoms with van der Waals surface area (Å²) in [6, 6.07) is 6.48. The topological polar surface area (TPSA) is 37.8 Å². The highest BCUT2D eigenvalue weighted by atomic mass is 127. The van der Waals surface area contributed by atoms with Crippen LogP contribution < -0.4 is 5.32 Å². The van der Waals surface area contributed by atoms with Crippen molar-refractivity contribution in [1.29, 1.82) is 0 Å². The predicted octanol–water partition coefficient (Wildman–Crippen LogP) is 3.93. The highest BCUT2D eigenvalue weighted by Gasteiger charge is 2.17. The zero-order chi connectivity index (χ0) is 13.7. The molecule has 19 heavy (non-hydrogen) atoms. The molecule has 0 spiro atoms. The zero-order valence-corrected chi connectivity index (χ0v) is 14.3. The minimum Gasteiger partial charge on any atom is -0.306 e. The van der Waals surface area contributed by atoms with Gasteiger partial charge in [0.1, 0.15) is 6.33 Å². The Hall–Kier alpha value is -0.530. The molecule has 0 aliphatic rings. The Balaban J connectivity index is 2.40. The minimum atomic E-state index is 0.116. The SMILES string of the molecule is CCCNC(c1cncnc1)c1cc(I)ccc1Br. The predicted molar refractivity (Wildman–Crippen MR) is 89.0 cm³/mol. The molecule has 0 radical (unpaired) electrons. The number of benzene rings is 1. The van der Waals surface area contributed by atoms with Gasteiger partial charge in [-0.2, -0.15) is 0 Å². The number of rotatable bonds is 5. The molecule has 0 saturated carbocycles. The van der Waals surface area contributed by atoms with Crippen LogP contribution in [0.3, 0.4) is 0 Å². The quantitative estimate of drug-likeness (QED) is 0.728. The van der Waals surface area contributed by atoms with Gasteiger partial charge in [0.05, 0.1) is 6.04 Å². The molecule has 1 N–H and O–H groups in total. The van der Waals surface area contributed by atoms with Crippen molar-refractivity contribution >= 4 is 38.5 Å². The summed E-state index contributed by atoms with van der Waals surface area (Å²) in [6.07, 6.45) is 6.38. The van der Waals surface area contributed by atoms with Crippen molar-refractivity contribution in [1.82, 2.24) is 15.3 Å². The first-order valence-corrected chi connectivity index (χ1v) is 8.02. The molecule has 0 fully saturated rings. The average molecular weight is 432 g/mol. The van der Waals surface area contributed by atoms with Crippen LogP contribution in [0.5, 0.6) is 0 Å². The molecule has 1 aromatic heterocycles. The molecule has 0 saturated heterocycles. The second-order valence-corrected chi connectivity index (χ2v) is 6.32. The Labute approximate surface area is 135 Å². The van der Waals surface area contributed by atoms with Crippen molar-refractivity contribution in [2.24, 2.45) is 0 Å². The van der Waals surface area contributed by atoms with E-state index < -0.39 is 0 Å². The van der Waals surface area contributed by atoms with E-state index in [1.54, 1.807) is 6.33 Å². The highest BCUT2D eigenvalue weighted by molar-refractivity contribution is 14.1. The van der Waals surface area contributed by atoms with E-state index in [0.717, 1.165) is 23.0 Å². The first-order chi connectivity index (χ1) is 9.22. The van der Waals surface area contributed by atoms with E-state index in [-0.39, 0.29) is 6.04 Å². The Morgan fingerprint density at radius 1 is 1.32 bits per heavy atom. The second-order valence-electron chi connectivity index (χ2n) is 4.22. The zero-order valence-electron chi connectivity index (χ0n) is 10.6. The Kier molecular flexibility index (Phi) is 5.72. The fourth-order valence-electron chi connectivity index (χ4n) is 1.89. The smallest absolute Gasteiger partial charge is 0.115 e. The van der Waals surface area contributed by atoms with Crippen LogP contribution in [0.4, 0.5) is 0 Å². The molecular formula is C14H15BrIN3. The number of hydrogen-bond donors (Lipinski definition) is 1. The summed E-state index contributed by atoms with van der Waals surface area (Å²) in [5.74, 6) is 0. The van der Waals surface area contributed by atoms with Gasteiger partial charge in [-0.3, -0.25) is 0 Å². The van der Waals surface area contributed by atoms with Crippen molar-refractivity contribution in [3.8, 4) is 0 Å². The van der Waals surface area contributed by atoms with Gasteiger partial charge in [0.15, 0.2) is 0 Å². The van der Waals surface area contributed by atoms with Crippen LogP contribution in [-0.4, -0.2) is 16.5 Å². The lowest BCUT2D eigenvalue weighted by Gasteiger charge is -2.20. The average Bonchev–Trinajstić information content (AvgIpc) is 2.44. The largest absolute Gasteiger partial charge is 0.306 e. The van der Waals surface area contributed by atoms with Crippen molar-refractivity contribution in [2.75, 3.05) is 6.54 Å². The first-order valence-electron chi connectivity index (χ1n) is 6.15. The molecule has 2 aromatic rings. The maximum absolute atomic E-state index is 4.12. The second kappa shape index (κ2) is 7.31. The van der Waals surface area contributed by atoms with Gasteiger partial charge in [0, 0.05) is 26.0 Å². The summed E-state index contributed by atoms with van der Waals surface area (Å²) in [5.41, 5.74) is 2.30. The van der Waals surface area contributed by atoms with E-state index in [0.29, 0.717) is 0 Å². The lowest BCUT2D eigenvalue weighted by molar-refractivity contribution is 0.593. The van der Waals surface area contributed by atoms with Crippen LogP contribution in [0, 0.1) is 3.57 Å². The molecule has 1 heterocycles. The molecule has 5 heteroatoms. The molecule has 1 unspecified atom stereocenters. The van der Waals surface area contributed by atoms with Gasteiger partial charge >= 0.3 is 0 Å². The third kappa shape index (κ3) is 3.97. The Bertz CT molecular complexity index is 533. The van der Waals surface area contributed by atoms with Gasteiger partial charge < -0.3 is 5.32 Å². The fourth-order valence-corrected chi connectivity index (χ4v) is 2.88. The summed E-state index contributed by atoms with van der Waals surface area (Å²) >= 11 is 5.97. The molecular weight excluding hydrogens is 417 g/mol. The van der Waals surface area contributed by atoms with Gasteiger partial charge in [-0.05, 0) is 59.3 Å². The normalized spacial score (nSPS) is 12.4. The van der Waals surface area contributed by atoms with Gasteiger partial charge in [0.2, 0.25) is 0 Å². The van der Waals surface area contributed by atoms with Crippen LogP contribution in [-0.2, 0) is 0 Å². The van der Waals surface area contributed by atoms with Crippen molar-refractivity contribution in [3.05, 3.63) is 56.1 Å². The standard InChI is InChI=1S/C14H15BrIN3/c1-2-5-19-14(10-7-17-9-18-8-10)12-6-11(16)3-4-13(12)15/h3-4,6-9,14,19H,2,5H2,1H3. The van der Waals surface area contributed by atoms with Gasteiger partial charge in [-0.1, -0.05) is 22.9 Å². The molecule has 100 valence electrons. The van der Waals surface area contributed by atoms with Crippen LogP contribution >= 0.6 is 38.5 Å². The van der Waals surface area contributed by atoms with Crippen LogP contribution in [0.1, 0.15) is 30.5 Å². The molecule has 2 rings (SSSR count). The third-order valence-electron chi connectivity index (χ3n) is 2.78. The van der Waals surface area contributed by atoms with Crippen molar-refractivity contribution in [2.45, 2.75) is 19.4 Å². The van der Waals surface area contributed by atoms with E-state index in [9.17, 15) is 0 Å². The van der Waals surface area contributed by atoms with Crippen LogP contribution in [0.25, 0.3) is 0 Å². The maximum Gasteiger partial charge on any atom is 0.115 e. The summed E-state index contributed by atoms with van der Waals surface area (Å²) in [4.78, 5) is 8.25. The minimum absolute atomic E-state index is 0.116. The van der Waals surface area contributed by atoms with Gasteiger partial charge in [-0.25, -0.2) is 9.97 Å². The summed E-state index contributed by atoms with van der Waals surface area (Å²) < 4.78 is 2.32. The van der Waals surface area contributed by atoms with Crippen LogP contribution in [0.2, 0.25) is 0 Å².